The zero-order valence-electron chi connectivity index (χ0n) is 17.8. The molecule has 0 amide bonds. The van der Waals surface area contributed by atoms with Gasteiger partial charge in [-0.3, -0.25) is 9.29 Å². The number of hydrogen-bond acceptors (Lipinski definition) is 4. The van der Waals surface area contributed by atoms with Crippen molar-refractivity contribution in [2.24, 2.45) is 0 Å². The first-order chi connectivity index (χ1) is 13.2. The van der Waals surface area contributed by atoms with E-state index in [1.54, 1.807) is 0 Å². The Bertz CT molecular complexity index is 1020. The van der Waals surface area contributed by atoms with Gasteiger partial charge in [0.15, 0.2) is 6.35 Å². The molecule has 0 aliphatic carbocycles. The number of nitrogens with one attached hydrogen (secondary N) is 1. The Hall–Kier alpha value is -1.82. The Morgan fingerprint density at radius 3 is 2.21 bits per heavy atom. The summed E-state index contributed by atoms with van der Waals surface area (Å²) in [4.78, 5) is 9.42. The first kappa shape index (κ1) is 23.5. The van der Waals surface area contributed by atoms with E-state index < -0.39 is 17.4 Å². The normalized spacial score (nSPS) is 13.9. The zero-order valence-corrected chi connectivity index (χ0v) is 19.5. The van der Waals surface area contributed by atoms with E-state index in [9.17, 15) is 17.9 Å². The fraction of sp³-hybridized carbons (Fsp3) is 0.429. The van der Waals surface area contributed by atoms with Crippen molar-refractivity contribution in [3.05, 3.63) is 58.1 Å². The van der Waals surface area contributed by atoms with Gasteiger partial charge < -0.3 is 9.63 Å². The average Bonchev–Trinajstić information content (AvgIpc) is 2.55. The molecule has 0 aromatic heterocycles. The largest absolute Gasteiger partial charge is 0.484 e. The number of sulfonamides is 1. The van der Waals surface area contributed by atoms with Crippen LogP contribution in [0.3, 0.4) is 0 Å². The number of ether oxygens (including phenoxy) is 1. The van der Waals surface area contributed by atoms with Gasteiger partial charge in [0.25, 0.3) is 0 Å². The van der Waals surface area contributed by atoms with Crippen LogP contribution >= 0.6 is 7.37 Å². The minimum absolute atomic E-state index is 0.167. The van der Waals surface area contributed by atoms with Crippen molar-refractivity contribution in [1.29, 1.82) is 0 Å². The van der Waals surface area contributed by atoms with Crippen molar-refractivity contribution in [2.45, 2.75) is 40.0 Å². The maximum atomic E-state index is 11.6. The summed E-state index contributed by atoms with van der Waals surface area (Å²) in [7, 11) is -6.57. The lowest BCUT2D eigenvalue weighted by Crippen LogP contribution is -2.12. The van der Waals surface area contributed by atoms with E-state index in [1.165, 1.54) is 6.66 Å². The van der Waals surface area contributed by atoms with E-state index in [4.69, 9.17) is 4.74 Å². The molecule has 0 aliphatic heterocycles. The number of aryl methyl sites for hydroxylation is 2. The lowest BCUT2D eigenvalue weighted by atomic mass is 9.92. The molecule has 29 heavy (non-hydrogen) atoms. The van der Waals surface area contributed by atoms with Crippen molar-refractivity contribution in [1.82, 2.24) is 0 Å². The van der Waals surface area contributed by atoms with Crippen molar-refractivity contribution in [3.63, 3.8) is 0 Å². The van der Waals surface area contributed by atoms with Crippen LogP contribution in [0.2, 0.25) is 0 Å². The molecule has 2 aromatic rings. The molecule has 2 rings (SSSR count). The molecule has 1 unspecified atom stereocenters. The van der Waals surface area contributed by atoms with Crippen LogP contribution < -0.4 is 9.46 Å². The maximum absolute atomic E-state index is 11.6. The predicted octanol–water partition coefficient (Wildman–Crippen LogP) is 4.63. The summed E-state index contributed by atoms with van der Waals surface area (Å²) < 4.78 is 42.8. The van der Waals surface area contributed by atoms with Gasteiger partial charge in [-0.15, -0.1) is 0 Å². The lowest BCUT2D eigenvalue weighted by molar-refractivity contribution is 0.352. The minimum Gasteiger partial charge on any atom is -0.484 e. The number of hydrogen-bond donors (Lipinski definition) is 2. The van der Waals surface area contributed by atoms with Crippen LogP contribution in [0.5, 0.6) is 5.75 Å². The van der Waals surface area contributed by atoms with Crippen molar-refractivity contribution in [3.8, 4) is 5.75 Å². The first-order valence-electron chi connectivity index (χ1n) is 9.38. The van der Waals surface area contributed by atoms with Crippen molar-refractivity contribution in [2.75, 3.05) is 24.0 Å². The van der Waals surface area contributed by atoms with Crippen LogP contribution in [0.1, 0.15) is 47.6 Å². The lowest BCUT2D eigenvalue weighted by Gasteiger charge is -2.17. The standard InChI is InChI=1S/C21H30NO5PS/c1-14(2)19-11-17(7-8-21(19)22-29(6,25)26)12-20-15(3)9-18(10-16(20)4)27-13-28(5,23)24/h7-11,14,22H,12-13H2,1-6H3,(H,23,24). The second-order valence-electron chi connectivity index (χ2n) is 7.99. The van der Waals surface area contributed by atoms with E-state index in [0.717, 1.165) is 34.1 Å². The van der Waals surface area contributed by atoms with Gasteiger partial charge in [-0.25, -0.2) is 8.42 Å². The van der Waals surface area contributed by atoms with Crippen molar-refractivity contribution < 1.29 is 22.6 Å². The van der Waals surface area contributed by atoms with Gasteiger partial charge in [-0.2, -0.15) is 0 Å². The van der Waals surface area contributed by atoms with Gasteiger partial charge in [-0.1, -0.05) is 26.0 Å². The summed E-state index contributed by atoms with van der Waals surface area (Å²) in [5, 5.41) is 0. The molecule has 6 nitrogen and oxygen atoms in total. The van der Waals surface area contributed by atoms with E-state index in [1.807, 2.05) is 58.0 Å². The molecule has 0 bridgehead atoms. The molecular weight excluding hydrogens is 409 g/mol. The van der Waals surface area contributed by atoms with E-state index >= 15 is 0 Å². The van der Waals surface area contributed by atoms with Gasteiger partial charge in [-0.05, 0) is 72.2 Å². The summed E-state index contributed by atoms with van der Waals surface area (Å²) in [5.74, 6) is 0.746. The Kier molecular flexibility index (Phi) is 7.20. The van der Waals surface area contributed by atoms with E-state index in [2.05, 4.69) is 4.72 Å². The minimum atomic E-state index is -3.34. The third kappa shape index (κ3) is 7.18. The smallest absolute Gasteiger partial charge is 0.233 e. The molecular formula is C21H30NO5PS. The second kappa shape index (κ2) is 8.90. The van der Waals surface area contributed by atoms with Crippen LogP contribution in [0.4, 0.5) is 5.69 Å². The summed E-state index contributed by atoms with van der Waals surface area (Å²) in [6.45, 7) is 9.31. The van der Waals surface area contributed by atoms with E-state index in [0.29, 0.717) is 17.9 Å². The third-order valence-electron chi connectivity index (χ3n) is 4.55. The van der Waals surface area contributed by atoms with Crippen LogP contribution in [-0.4, -0.2) is 32.6 Å². The average molecular weight is 440 g/mol. The molecule has 1 atom stereocenters. The molecule has 8 heteroatoms. The highest BCUT2D eigenvalue weighted by Crippen LogP contribution is 2.36. The van der Waals surface area contributed by atoms with Gasteiger partial charge in [0, 0.05) is 6.66 Å². The highest BCUT2D eigenvalue weighted by molar-refractivity contribution is 7.92. The van der Waals surface area contributed by atoms with Gasteiger partial charge in [0.2, 0.25) is 17.4 Å². The molecule has 0 fully saturated rings. The Labute approximate surface area is 173 Å². The number of anilines is 1. The summed E-state index contributed by atoms with van der Waals surface area (Å²) >= 11 is 0. The number of benzene rings is 2. The molecule has 0 heterocycles. The Morgan fingerprint density at radius 2 is 1.72 bits per heavy atom. The highest BCUT2D eigenvalue weighted by Gasteiger charge is 2.15. The fourth-order valence-corrected chi connectivity index (χ4v) is 4.18. The topological polar surface area (TPSA) is 92.7 Å². The molecule has 0 saturated heterocycles. The van der Waals surface area contributed by atoms with Crippen molar-refractivity contribution >= 4 is 23.1 Å². The van der Waals surface area contributed by atoms with Gasteiger partial charge >= 0.3 is 0 Å². The maximum Gasteiger partial charge on any atom is 0.233 e. The van der Waals surface area contributed by atoms with Gasteiger partial charge in [0.05, 0.1) is 11.9 Å². The van der Waals surface area contributed by atoms with Crippen LogP contribution in [-0.2, 0) is 21.0 Å². The van der Waals surface area contributed by atoms with Crippen LogP contribution in [0, 0.1) is 13.8 Å². The molecule has 160 valence electrons. The highest BCUT2D eigenvalue weighted by atomic mass is 32.2. The summed E-state index contributed by atoms with van der Waals surface area (Å²) in [6.07, 6.45) is 1.64. The molecule has 0 aliphatic rings. The Morgan fingerprint density at radius 1 is 1.14 bits per heavy atom. The quantitative estimate of drug-likeness (QED) is 0.585. The zero-order chi connectivity index (χ0) is 22.0. The first-order valence-corrected chi connectivity index (χ1v) is 13.6. The third-order valence-corrected chi connectivity index (χ3v) is 5.75. The van der Waals surface area contributed by atoms with E-state index in [-0.39, 0.29) is 12.3 Å². The summed E-state index contributed by atoms with van der Waals surface area (Å²) in [5.41, 5.74) is 5.86. The molecule has 2 aromatic carbocycles. The SMILES string of the molecule is Cc1cc(OCP(C)(=O)O)cc(C)c1Cc1ccc(NS(C)(=O)=O)c(C(C)C)c1. The molecule has 0 radical (unpaired) electrons. The molecule has 0 spiro atoms. The molecule has 2 N–H and O–H groups in total. The van der Waals surface area contributed by atoms with Crippen LogP contribution in [0.15, 0.2) is 30.3 Å². The molecule has 0 saturated carbocycles. The Balaban J connectivity index is 2.31. The second-order valence-corrected chi connectivity index (χ2v) is 12.1. The van der Waals surface area contributed by atoms with Gasteiger partial charge in [0.1, 0.15) is 5.75 Å². The fourth-order valence-electron chi connectivity index (χ4n) is 3.21. The monoisotopic (exact) mass is 439 g/mol. The predicted molar refractivity (Wildman–Crippen MR) is 119 cm³/mol. The van der Waals surface area contributed by atoms with Crippen LogP contribution in [0.25, 0.3) is 0 Å². The summed E-state index contributed by atoms with van der Waals surface area (Å²) in [6, 6.07) is 9.54. The number of rotatable bonds is 8.